The lowest BCUT2D eigenvalue weighted by Gasteiger charge is -2.35. The van der Waals surface area contributed by atoms with Crippen molar-refractivity contribution in [1.29, 1.82) is 0 Å². The highest BCUT2D eigenvalue weighted by molar-refractivity contribution is 5.53. The van der Waals surface area contributed by atoms with E-state index in [2.05, 4.69) is 29.0 Å². The lowest BCUT2D eigenvalue weighted by atomic mass is 9.93. The first-order valence-electron chi connectivity index (χ1n) is 8.88. The van der Waals surface area contributed by atoms with E-state index in [9.17, 15) is 5.11 Å². The van der Waals surface area contributed by atoms with Crippen molar-refractivity contribution in [2.75, 3.05) is 13.7 Å². The molecule has 0 radical (unpaired) electrons. The number of rotatable bonds is 6. The van der Waals surface area contributed by atoms with Gasteiger partial charge in [0.2, 0.25) is 0 Å². The van der Waals surface area contributed by atoms with Crippen LogP contribution in [-0.2, 0) is 6.54 Å². The zero-order valence-corrected chi connectivity index (χ0v) is 14.6. The number of aromatic nitrogens is 4. The molecule has 0 aromatic carbocycles. The van der Waals surface area contributed by atoms with Crippen LogP contribution in [0, 0.1) is 0 Å². The fourth-order valence-electron chi connectivity index (χ4n) is 3.53. The Hall–Kier alpha value is -1.79. The molecule has 1 saturated carbocycles. The van der Waals surface area contributed by atoms with Crippen LogP contribution in [0.5, 0.6) is 0 Å². The Morgan fingerprint density at radius 1 is 1.25 bits per heavy atom. The maximum atomic E-state index is 9.38. The molecule has 0 bridgehead atoms. The summed E-state index contributed by atoms with van der Waals surface area (Å²) >= 11 is 0. The Kier molecular flexibility index (Phi) is 5.58. The maximum Gasteiger partial charge on any atom is 0.181 e. The van der Waals surface area contributed by atoms with Crippen LogP contribution < -0.4 is 0 Å². The molecule has 2 heterocycles. The fraction of sp³-hybridized carbons (Fsp3) is 0.611. The molecule has 6 heteroatoms. The maximum absolute atomic E-state index is 9.38. The Balaban J connectivity index is 1.86. The molecule has 0 saturated heterocycles. The lowest BCUT2D eigenvalue weighted by Crippen LogP contribution is -2.36. The molecule has 0 amide bonds. The van der Waals surface area contributed by atoms with E-state index in [0.29, 0.717) is 18.4 Å². The van der Waals surface area contributed by atoms with E-state index in [4.69, 9.17) is 4.98 Å². The van der Waals surface area contributed by atoms with Crippen LogP contribution in [0.15, 0.2) is 24.5 Å². The predicted octanol–water partition coefficient (Wildman–Crippen LogP) is 2.66. The molecule has 3 rings (SSSR count). The van der Waals surface area contributed by atoms with Crippen LogP contribution in [0.25, 0.3) is 11.4 Å². The number of hydrogen-bond donors (Lipinski definition) is 1. The summed E-state index contributed by atoms with van der Waals surface area (Å²) in [5.74, 6) is 1.62. The molecule has 24 heavy (non-hydrogen) atoms. The van der Waals surface area contributed by atoms with E-state index in [0.717, 1.165) is 11.4 Å². The van der Waals surface area contributed by atoms with Gasteiger partial charge in [0.15, 0.2) is 5.82 Å². The average Bonchev–Trinajstić information content (AvgIpc) is 3.06. The third kappa shape index (κ3) is 3.65. The first kappa shape index (κ1) is 17.0. The quantitative estimate of drug-likeness (QED) is 0.882. The number of nitrogens with zero attached hydrogens (tertiary/aromatic N) is 5. The van der Waals surface area contributed by atoms with E-state index in [1.807, 2.05) is 16.8 Å². The SMILES string of the molecule is CC(c1nc(-c2ccncc2)nn1CCO)N(C)C1CCCCC1. The molecule has 1 aliphatic rings. The molecule has 1 aliphatic carbocycles. The average molecular weight is 329 g/mol. The van der Waals surface area contributed by atoms with Crippen molar-refractivity contribution in [2.45, 2.75) is 57.7 Å². The van der Waals surface area contributed by atoms with Gasteiger partial charge < -0.3 is 5.11 Å². The monoisotopic (exact) mass is 329 g/mol. The highest BCUT2D eigenvalue weighted by Gasteiger charge is 2.26. The van der Waals surface area contributed by atoms with Crippen LogP contribution in [-0.4, -0.2) is 49.5 Å². The van der Waals surface area contributed by atoms with E-state index < -0.39 is 0 Å². The zero-order valence-electron chi connectivity index (χ0n) is 14.6. The summed E-state index contributed by atoms with van der Waals surface area (Å²) in [5.41, 5.74) is 0.954. The van der Waals surface area contributed by atoms with Gasteiger partial charge in [-0.3, -0.25) is 9.88 Å². The number of pyridine rings is 1. The predicted molar refractivity (Wildman–Crippen MR) is 93.4 cm³/mol. The molecule has 0 aliphatic heterocycles. The van der Waals surface area contributed by atoms with Crippen LogP contribution in [0.3, 0.4) is 0 Å². The van der Waals surface area contributed by atoms with Crippen molar-refractivity contribution in [3.8, 4) is 11.4 Å². The summed E-state index contributed by atoms with van der Waals surface area (Å²) in [4.78, 5) is 11.3. The van der Waals surface area contributed by atoms with Gasteiger partial charge in [0.05, 0.1) is 19.2 Å². The van der Waals surface area contributed by atoms with Crippen LogP contribution in [0.2, 0.25) is 0 Å². The molecule has 1 N–H and O–H groups in total. The van der Waals surface area contributed by atoms with Gasteiger partial charge in [-0.05, 0) is 38.9 Å². The highest BCUT2D eigenvalue weighted by atomic mass is 16.3. The van der Waals surface area contributed by atoms with Crippen molar-refractivity contribution < 1.29 is 5.11 Å². The molecule has 0 spiro atoms. The van der Waals surface area contributed by atoms with Crippen molar-refractivity contribution in [2.24, 2.45) is 0 Å². The van der Waals surface area contributed by atoms with E-state index >= 15 is 0 Å². The summed E-state index contributed by atoms with van der Waals surface area (Å²) in [6.45, 7) is 2.71. The molecule has 130 valence electrons. The number of aliphatic hydroxyl groups excluding tert-OH is 1. The van der Waals surface area contributed by atoms with Crippen molar-refractivity contribution in [3.05, 3.63) is 30.4 Å². The van der Waals surface area contributed by atoms with Crippen molar-refractivity contribution in [3.63, 3.8) is 0 Å². The van der Waals surface area contributed by atoms with E-state index in [1.54, 1.807) is 12.4 Å². The lowest BCUT2D eigenvalue weighted by molar-refractivity contribution is 0.137. The summed E-state index contributed by atoms with van der Waals surface area (Å²) in [5, 5.41) is 14.0. The first-order valence-corrected chi connectivity index (χ1v) is 8.88. The second-order valence-corrected chi connectivity index (χ2v) is 6.61. The van der Waals surface area contributed by atoms with Gasteiger partial charge in [-0.15, -0.1) is 0 Å². The second-order valence-electron chi connectivity index (χ2n) is 6.61. The number of hydrogen-bond acceptors (Lipinski definition) is 5. The summed E-state index contributed by atoms with van der Waals surface area (Å²) in [7, 11) is 2.19. The minimum atomic E-state index is 0.0615. The molecule has 6 nitrogen and oxygen atoms in total. The third-order valence-corrected chi connectivity index (χ3v) is 5.09. The minimum absolute atomic E-state index is 0.0615. The normalized spacial score (nSPS) is 17.3. The van der Waals surface area contributed by atoms with Gasteiger partial charge in [0.25, 0.3) is 0 Å². The van der Waals surface area contributed by atoms with Gasteiger partial charge in [-0.25, -0.2) is 9.67 Å². The van der Waals surface area contributed by atoms with E-state index in [1.165, 1.54) is 32.1 Å². The number of aliphatic hydroxyl groups is 1. The minimum Gasteiger partial charge on any atom is -0.394 e. The fourth-order valence-corrected chi connectivity index (χ4v) is 3.53. The molecule has 2 aromatic heterocycles. The smallest absolute Gasteiger partial charge is 0.181 e. The molecule has 1 atom stereocenters. The zero-order chi connectivity index (χ0) is 16.9. The second kappa shape index (κ2) is 7.85. The molecular formula is C18H27N5O. The topological polar surface area (TPSA) is 67.1 Å². The largest absolute Gasteiger partial charge is 0.394 e. The Labute approximate surface area is 143 Å². The van der Waals surface area contributed by atoms with Gasteiger partial charge >= 0.3 is 0 Å². The molecule has 1 unspecified atom stereocenters. The molecular weight excluding hydrogens is 302 g/mol. The molecule has 1 fully saturated rings. The Morgan fingerprint density at radius 2 is 1.96 bits per heavy atom. The standard InChI is InChI=1S/C18H27N5O/c1-14(22(2)16-6-4-3-5-7-16)18-20-17(21-23(18)12-13-24)15-8-10-19-11-9-15/h8-11,14,16,24H,3-7,12-13H2,1-2H3. The first-order chi connectivity index (χ1) is 11.7. The van der Waals surface area contributed by atoms with Gasteiger partial charge in [-0.2, -0.15) is 5.10 Å². The van der Waals surface area contributed by atoms with Crippen LogP contribution in [0.4, 0.5) is 0 Å². The van der Waals surface area contributed by atoms with Crippen molar-refractivity contribution >= 4 is 0 Å². The Morgan fingerprint density at radius 3 is 2.62 bits per heavy atom. The third-order valence-electron chi connectivity index (χ3n) is 5.09. The van der Waals surface area contributed by atoms with Crippen LogP contribution in [0.1, 0.15) is 50.9 Å². The van der Waals surface area contributed by atoms with Gasteiger partial charge in [-0.1, -0.05) is 19.3 Å². The summed E-state index contributed by atoms with van der Waals surface area (Å²) < 4.78 is 1.85. The summed E-state index contributed by atoms with van der Waals surface area (Å²) in [6, 6.07) is 4.61. The van der Waals surface area contributed by atoms with Gasteiger partial charge in [0.1, 0.15) is 5.82 Å². The summed E-state index contributed by atoms with van der Waals surface area (Å²) in [6.07, 6.45) is 9.99. The van der Waals surface area contributed by atoms with Crippen LogP contribution >= 0.6 is 0 Å². The van der Waals surface area contributed by atoms with Crippen molar-refractivity contribution in [1.82, 2.24) is 24.6 Å². The van der Waals surface area contributed by atoms with E-state index in [-0.39, 0.29) is 12.6 Å². The highest BCUT2D eigenvalue weighted by Crippen LogP contribution is 2.29. The Bertz CT molecular complexity index is 636. The van der Waals surface area contributed by atoms with Gasteiger partial charge in [0, 0.05) is 24.0 Å². The molecule has 2 aromatic rings.